The van der Waals surface area contributed by atoms with Crippen LogP contribution in [0.2, 0.25) is 0 Å². The third-order valence-corrected chi connectivity index (χ3v) is 8.57. The van der Waals surface area contributed by atoms with E-state index in [2.05, 4.69) is 15.3 Å². The van der Waals surface area contributed by atoms with Crippen molar-refractivity contribution < 1.29 is 18.0 Å². The lowest BCUT2D eigenvalue weighted by Gasteiger charge is -2.19. The first kappa shape index (κ1) is 24.9. The third-order valence-electron chi connectivity index (χ3n) is 6.29. The molecule has 1 aliphatic heterocycles. The summed E-state index contributed by atoms with van der Waals surface area (Å²) in [4.78, 5) is 26.8. The lowest BCUT2D eigenvalue weighted by atomic mass is 10.1. The largest absolute Gasteiger partial charge is 0.420 e. The van der Waals surface area contributed by atoms with Crippen molar-refractivity contribution in [1.29, 1.82) is 0 Å². The second-order valence-electron chi connectivity index (χ2n) is 9.05. The number of anilines is 3. The molecule has 3 heterocycles. The van der Waals surface area contributed by atoms with Gasteiger partial charge in [-0.3, -0.25) is 4.79 Å². The van der Waals surface area contributed by atoms with E-state index < -0.39 is 11.7 Å². The number of amides is 1. The number of thiophene rings is 1. The van der Waals surface area contributed by atoms with Crippen molar-refractivity contribution in [3.8, 4) is 10.6 Å². The molecule has 11 heteroatoms. The maximum atomic E-state index is 14.0. The number of fused-ring (bicyclic) bond motifs is 1. The maximum absolute atomic E-state index is 14.0. The summed E-state index contributed by atoms with van der Waals surface area (Å²) < 4.78 is 41.9. The normalized spacial score (nSPS) is 16.1. The lowest BCUT2D eigenvalue weighted by molar-refractivity contribution is -0.137. The predicted octanol–water partition coefficient (Wildman–Crippen LogP) is 6.31. The van der Waals surface area contributed by atoms with Crippen LogP contribution >= 0.6 is 23.1 Å². The average molecular weight is 534 g/mol. The number of alkyl halides is 3. The second kappa shape index (κ2) is 9.59. The fourth-order valence-corrected chi connectivity index (χ4v) is 6.52. The first-order valence-electron chi connectivity index (χ1n) is 11.7. The molecule has 1 N–H and O–H groups in total. The standard InChI is InChI=1S/C25H26F3N5OS2/c1-4-14-11-16(32(2)3)7-8-18(14)30-24-29-13-17(25(26,27)28)21(31-24)19-12-20-22(36-19)23(34)33(9-10-35-20)15-5-6-15/h7-8,11-13,15H,4-6,9-10H2,1-3H3,(H,29,30,31). The number of rotatable bonds is 6. The molecule has 1 aliphatic carbocycles. The highest BCUT2D eigenvalue weighted by Gasteiger charge is 2.39. The summed E-state index contributed by atoms with van der Waals surface area (Å²) in [7, 11) is 3.89. The summed E-state index contributed by atoms with van der Waals surface area (Å²) in [6.07, 6.45) is -1.11. The van der Waals surface area contributed by atoms with Gasteiger partial charge in [0, 0.05) is 54.9 Å². The fraction of sp³-hybridized carbons (Fsp3) is 0.400. The SMILES string of the molecule is CCc1cc(N(C)C)ccc1Nc1ncc(C(F)(F)F)c(-c2cc3c(s2)C(=O)N(C2CC2)CCS3)n1. The van der Waals surface area contributed by atoms with E-state index in [0.29, 0.717) is 16.3 Å². The molecule has 1 amide bonds. The topological polar surface area (TPSA) is 61.4 Å². The minimum atomic E-state index is -4.63. The Balaban J connectivity index is 1.53. The zero-order chi connectivity index (χ0) is 25.6. The Labute approximate surface area is 215 Å². The third kappa shape index (κ3) is 4.90. The molecular formula is C25H26F3N5OS2. The monoisotopic (exact) mass is 533 g/mol. The van der Waals surface area contributed by atoms with Crippen LogP contribution in [0.5, 0.6) is 0 Å². The molecule has 1 aromatic carbocycles. The Morgan fingerprint density at radius 1 is 1.22 bits per heavy atom. The number of carbonyl (C=O) groups is 1. The first-order chi connectivity index (χ1) is 17.2. The molecule has 0 saturated heterocycles. The van der Waals surface area contributed by atoms with Crippen LogP contribution in [0.1, 0.15) is 40.6 Å². The summed E-state index contributed by atoms with van der Waals surface area (Å²) in [6, 6.07) is 7.75. The molecule has 6 nitrogen and oxygen atoms in total. The van der Waals surface area contributed by atoms with Gasteiger partial charge in [0.1, 0.15) is 10.4 Å². The molecule has 190 valence electrons. The second-order valence-corrected chi connectivity index (χ2v) is 11.2. The average Bonchev–Trinajstić information content (AvgIpc) is 3.61. The van der Waals surface area contributed by atoms with E-state index in [0.717, 1.165) is 64.4 Å². The maximum Gasteiger partial charge on any atom is 0.420 e. The Kier molecular flexibility index (Phi) is 6.63. The van der Waals surface area contributed by atoms with Crippen molar-refractivity contribution in [1.82, 2.24) is 14.9 Å². The van der Waals surface area contributed by atoms with E-state index in [1.165, 1.54) is 11.8 Å². The van der Waals surface area contributed by atoms with Crippen LogP contribution in [0.3, 0.4) is 0 Å². The van der Waals surface area contributed by atoms with Crippen molar-refractivity contribution in [2.75, 3.05) is 36.6 Å². The van der Waals surface area contributed by atoms with Gasteiger partial charge in [-0.15, -0.1) is 23.1 Å². The lowest BCUT2D eigenvalue weighted by Crippen LogP contribution is -2.33. The van der Waals surface area contributed by atoms with E-state index in [4.69, 9.17) is 0 Å². The van der Waals surface area contributed by atoms with Crippen LogP contribution in [-0.2, 0) is 12.6 Å². The number of hydrogen-bond acceptors (Lipinski definition) is 7. The molecule has 1 saturated carbocycles. The van der Waals surface area contributed by atoms with Crippen molar-refractivity contribution >= 4 is 46.3 Å². The number of thioether (sulfide) groups is 1. The predicted molar refractivity (Wildman–Crippen MR) is 139 cm³/mol. The number of halogens is 3. The molecule has 0 radical (unpaired) electrons. The highest BCUT2D eigenvalue weighted by Crippen LogP contribution is 2.44. The van der Waals surface area contributed by atoms with E-state index in [9.17, 15) is 18.0 Å². The van der Waals surface area contributed by atoms with Gasteiger partial charge >= 0.3 is 6.18 Å². The summed E-state index contributed by atoms with van der Waals surface area (Å²) >= 11 is 2.59. The number of carbonyl (C=O) groups excluding carboxylic acids is 1. The van der Waals surface area contributed by atoms with Crippen molar-refractivity contribution in [3.63, 3.8) is 0 Å². The van der Waals surface area contributed by atoms with E-state index in [1.54, 1.807) is 6.07 Å². The number of aryl methyl sites for hydroxylation is 1. The van der Waals surface area contributed by atoms with Gasteiger partial charge < -0.3 is 15.1 Å². The van der Waals surface area contributed by atoms with Gasteiger partial charge in [-0.25, -0.2) is 9.97 Å². The van der Waals surface area contributed by atoms with Gasteiger partial charge in [0.15, 0.2) is 0 Å². The van der Waals surface area contributed by atoms with Gasteiger partial charge in [-0.05, 0) is 49.1 Å². The van der Waals surface area contributed by atoms with Crippen LogP contribution < -0.4 is 10.2 Å². The van der Waals surface area contributed by atoms with Crippen LogP contribution in [0, 0.1) is 0 Å². The molecule has 1 fully saturated rings. The minimum absolute atomic E-state index is 0.0764. The van der Waals surface area contributed by atoms with Gasteiger partial charge in [-0.1, -0.05) is 6.92 Å². The first-order valence-corrected chi connectivity index (χ1v) is 13.6. The van der Waals surface area contributed by atoms with Gasteiger partial charge in [0.2, 0.25) is 5.95 Å². The molecule has 5 rings (SSSR count). The summed E-state index contributed by atoms with van der Waals surface area (Å²) in [5, 5.41) is 3.11. The number of aromatic nitrogens is 2. The van der Waals surface area contributed by atoms with E-state index in [1.807, 2.05) is 49.0 Å². The molecule has 0 unspecified atom stereocenters. The Bertz CT molecular complexity index is 1300. The van der Waals surface area contributed by atoms with Gasteiger partial charge in [-0.2, -0.15) is 13.2 Å². The smallest absolute Gasteiger partial charge is 0.378 e. The number of hydrogen-bond donors (Lipinski definition) is 1. The van der Waals surface area contributed by atoms with Crippen LogP contribution in [-0.4, -0.2) is 53.2 Å². The highest BCUT2D eigenvalue weighted by molar-refractivity contribution is 7.99. The quantitative estimate of drug-likeness (QED) is 0.401. The molecule has 2 aromatic heterocycles. The molecular weight excluding hydrogens is 507 g/mol. The molecule has 0 atom stereocenters. The van der Waals surface area contributed by atoms with E-state index >= 15 is 0 Å². The zero-order valence-corrected chi connectivity index (χ0v) is 21.8. The van der Waals surface area contributed by atoms with Crippen LogP contribution in [0.15, 0.2) is 35.4 Å². The Morgan fingerprint density at radius 3 is 2.67 bits per heavy atom. The zero-order valence-electron chi connectivity index (χ0n) is 20.1. The number of nitrogens with zero attached hydrogens (tertiary/aromatic N) is 4. The van der Waals surface area contributed by atoms with Crippen molar-refractivity contribution in [2.24, 2.45) is 0 Å². The number of nitrogens with one attached hydrogen (secondary N) is 1. The molecule has 2 aliphatic rings. The highest BCUT2D eigenvalue weighted by atomic mass is 32.2. The summed E-state index contributed by atoms with van der Waals surface area (Å²) in [5.74, 6) is 0.701. The molecule has 36 heavy (non-hydrogen) atoms. The summed E-state index contributed by atoms with van der Waals surface area (Å²) in [5.41, 5.74) is 1.62. The van der Waals surface area contributed by atoms with Crippen LogP contribution in [0.4, 0.5) is 30.5 Å². The minimum Gasteiger partial charge on any atom is -0.378 e. The Hall–Kier alpha value is -2.79. The van der Waals surface area contributed by atoms with Crippen LogP contribution in [0.25, 0.3) is 10.6 Å². The van der Waals surface area contributed by atoms with Gasteiger partial charge in [0.25, 0.3) is 5.91 Å². The Morgan fingerprint density at radius 2 is 2.00 bits per heavy atom. The fourth-order valence-electron chi connectivity index (χ4n) is 4.20. The number of benzene rings is 1. The van der Waals surface area contributed by atoms with E-state index in [-0.39, 0.29) is 23.6 Å². The molecule has 0 bridgehead atoms. The van der Waals surface area contributed by atoms with Crippen molar-refractivity contribution in [3.05, 3.63) is 46.5 Å². The van der Waals surface area contributed by atoms with Gasteiger partial charge in [0.05, 0.1) is 10.6 Å². The summed E-state index contributed by atoms with van der Waals surface area (Å²) in [6.45, 7) is 2.67. The van der Waals surface area contributed by atoms with Crippen molar-refractivity contribution in [2.45, 2.75) is 43.3 Å². The molecule has 0 spiro atoms. The molecule has 3 aromatic rings.